The van der Waals surface area contributed by atoms with Gasteiger partial charge >= 0.3 is 0 Å². The van der Waals surface area contributed by atoms with E-state index in [2.05, 4.69) is 0 Å². The highest BCUT2D eigenvalue weighted by Crippen LogP contribution is 2.00. The van der Waals surface area contributed by atoms with Gasteiger partial charge < -0.3 is 0 Å². The monoisotopic (exact) mass is 114 g/mol. The van der Waals surface area contributed by atoms with Crippen molar-refractivity contribution in [2.75, 3.05) is 0 Å². The van der Waals surface area contributed by atoms with Crippen LogP contribution in [0.5, 0.6) is 0 Å². The van der Waals surface area contributed by atoms with E-state index < -0.39 is 6.17 Å². The van der Waals surface area contributed by atoms with Crippen LogP contribution in [0.3, 0.4) is 0 Å². The average Bonchev–Trinajstić information content (AvgIpc) is 1.77. The molecule has 8 heavy (non-hydrogen) atoms. The normalized spacial score (nSPS) is 19.9. The second kappa shape index (κ2) is 1.86. The molecule has 0 radical (unpaired) electrons. The predicted octanol–water partition coefficient (Wildman–Crippen LogP) is 1.14. The van der Waals surface area contributed by atoms with Crippen molar-refractivity contribution in [3.05, 3.63) is 29.5 Å². The smallest absolute Gasteiger partial charge is 0.227 e. The van der Waals surface area contributed by atoms with E-state index in [-0.39, 0.29) is 0 Å². The molecule has 0 amide bonds. The van der Waals surface area contributed by atoms with Crippen LogP contribution in [0.1, 0.15) is 0 Å². The molecule has 0 saturated carbocycles. The number of rotatable bonds is 0. The van der Waals surface area contributed by atoms with Gasteiger partial charge in [0.25, 0.3) is 0 Å². The van der Waals surface area contributed by atoms with Crippen LogP contribution in [0.25, 0.3) is 0 Å². The summed E-state index contributed by atoms with van der Waals surface area (Å²) in [5.41, 5.74) is 0. The molecule has 0 bridgehead atoms. The Hall–Kier alpha value is -0.990. The summed E-state index contributed by atoms with van der Waals surface area (Å²) in [6, 6.07) is 0. The molecule has 0 aromatic rings. The number of halogens is 1. The zero-order valence-electron chi connectivity index (χ0n) is 4.12. The van der Waals surface area contributed by atoms with Crippen molar-refractivity contribution in [2.45, 2.75) is 6.17 Å². The maximum atomic E-state index is 12.0. The van der Waals surface area contributed by atoms with Gasteiger partial charge in [-0.15, -0.1) is 0 Å². The molecule has 0 aliphatic carbocycles. The third-order valence-corrected chi connectivity index (χ3v) is 0.834. The van der Waals surface area contributed by atoms with Crippen molar-refractivity contribution < 1.29 is 9.15 Å². The first-order valence-corrected chi connectivity index (χ1v) is 2.25. The molecule has 1 heterocycles. The largest absolute Gasteiger partial charge is 0.238 e. The number of allylic oxidation sites excluding steroid dienone is 2. The molecule has 1 rings (SSSR count). The SMILES string of the molecule is O=[N+]1C=CC(F)C=C1. The number of nitroso groups, excluding NO2 is 1. The fraction of sp³-hybridized carbons (Fsp3) is 0.200. The van der Waals surface area contributed by atoms with E-state index in [1.807, 2.05) is 0 Å². The Balaban J connectivity index is 2.68. The van der Waals surface area contributed by atoms with E-state index >= 15 is 0 Å². The van der Waals surface area contributed by atoms with Gasteiger partial charge in [0.1, 0.15) is 6.17 Å². The lowest BCUT2D eigenvalue weighted by atomic mass is 10.3. The van der Waals surface area contributed by atoms with Gasteiger partial charge in [-0.05, 0) is 0 Å². The molecule has 1 aliphatic heterocycles. The first-order chi connectivity index (χ1) is 3.79. The fourth-order valence-electron chi connectivity index (χ4n) is 0.448. The summed E-state index contributed by atoms with van der Waals surface area (Å²) in [6.45, 7) is 0. The molecule has 0 spiro atoms. The zero-order valence-corrected chi connectivity index (χ0v) is 4.12. The van der Waals surface area contributed by atoms with Crippen LogP contribution in [0, 0.1) is 4.91 Å². The maximum Gasteiger partial charge on any atom is 0.227 e. The van der Waals surface area contributed by atoms with Crippen molar-refractivity contribution in [3.8, 4) is 0 Å². The maximum absolute atomic E-state index is 12.0. The Morgan fingerprint density at radius 2 is 1.88 bits per heavy atom. The summed E-state index contributed by atoms with van der Waals surface area (Å²) in [5.74, 6) is 0. The molecule has 0 aromatic carbocycles. The quantitative estimate of drug-likeness (QED) is 0.432. The van der Waals surface area contributed by atoms with E-state index in [4.69, 9.17) is 0 Å². The summed E-state index contributed by atoms with van der Waals surface area (Å²) in [5, 5.41) is 0. The van der Waals surface area contributed by atoms with Crippen LogP contribution in [0.2, 0.25) is 0 Å². The molecule has 42 valence electrons. The molecule has 0 aromatic heterocycles. The van der Waals surface area contributed by atoms with Crippen molar-refractivity contribution >= 4 is 0 Å². The lowest BCUT2D eigenvalue weighted by Crippen LogP contribution is -1.99. The van der Waals surface area contributed by atoms with Crippen LogP contribution in [-0.2, 0) is 0 Å². The lowest BCUT2D eigenvalue weighted by Gasteiger charge is -1.89. The van der Waals surface area contributed by atoms with Gasteiger partial charge in [0.2, 0.25) is 12.4 Å². The minimum absolute atomic E-state index is 0.552. The second-order valence-electron chi connectivity index (χ2n) is 1.49. The fourth-order valence-corrected chi connectivity index (χ4v) is 0.448. The molecule has 2 nitrogen and oxygen atoms in total. The van der Waals surface area contributed by atoms with E-state index in [9.17, 15) is 9.30 Å². The topological polar surface area (TPSA) is 20.1 Å². The number of nitrogens with zero attached hydrogens (tertiary/aromatic N) is 1. The van der Waals surface area contributed by atoms with Gasteiger partial charge in [-0.25, -0.2) is 4.39 Å². The molecule has 1 aliphatic rings. The number of hydrogen-bond donors (Lipinski definition) is 0. The highest BCUT2D eigenvalue weighted by molar-refractivity contribution is 5.00. The first kappa shape index (κ1) is 5.15. The number of hydrogen-bond acceptors (Lipinski definition) is 1. The standard InChI is InChI=1S/C5H5FNO/c6-5-1-3-7(8)4-2-5/h1-5H/q+1. The minimum Gasteiger partial charge on any atom is -0.238 e. The van der Waals surface area contributed by atoms with Crippen molar-refractivity contribution in [3.63, 3.8) is 0 Å². The van der Waals surface area contributed by atoms with Gasteiger partial charge in [0, 0.05) is 17.1 Å². The Morgan fingerprint density at radius 3 is 2.25 bits per heavy atom. The molecular weight excluding hydrogens is 109 g/mol. The van der Waals surface area contributed by atoms with E-state index in [0.717, 1.165) is 12.4 Å². The summed E-state index contributed by atoms with van der Waals surface area (Å²) in [6.07, 6.45) is 3.58. The van der Waals surface area contributed by atoms with E-state index in [1.54, 1.807) is 0 Å². The Morgan fingerprint density at radius 1 is 1.38 bits per heavy atom. The third-order valence-electron chi connectivity index (χ3n) is 0.834. The van der Waals surface area contributed by atoms with Gasteiger partial charge in [-0.1, -0.05) is 0 Å². The zero-order chi connectivity index (χ0) is 5.98. The van der Waals surface area contributed by atoms with E-state index in [0.29, 0.717) is 4.76 Å². The Kier molecular flexibility index (Phi) is 1.20. The highest BCUT2D eigenvalue weighted by Gasteiger charge is 2.07. The molecule has 0 saturated heterocycles. The number of alkyl halides is 1. The van der Waals surface area contributed by atoms with Crippen molar-refractivity contribution in [1.82, 2.24) is 0 Å². The van der Waals surface area contributed by atoms with Gasteiger partial charge in [0.05, 0.1) is 4.76 Å². The van der Waals surface area contributed by atoms with Crippen LogP contribution in [0.4, 0.5) is 4.39 Å². The molecule has 0 unspecified atom stereocenters. The van der Waals surface area contributed by atoms with Crippen LogP contribution in [0.15, 0.2) is 24.6 Å². The van der Waals surface area contributed by atoms with E-state index in [1.165, 1.54) is 12.2 Å². The van der Waals surface area contributed by atoms with Gasteiger partial charge in [-0.3, -0.25) is 0 Å². The van der Waals surface area contributed by atoms with Gasteiger partial charge in [-0.2, -0.15) is 0 Å². The van der Waals surface area contributed by atoms with Crippen LogP contribution >= 0.6 is 0 Å². The third kappa shape index (κ3) is 0.992. The summed E-state index contributed by atoms with van der Waals surface area (Å²) >= 11 is 0. The predicted molar refractivity (Wildman–Crippen MR) is 26.8 cm³/mol. The molecule has 0 fully saturated rings. The van der Waals surface area contributed by atoms with Crippen LogP contribution in [-0.4, -0.2) is 10.9 Å². The Bertz CT molecular complexity index is 146. The summed E-state index contributed by atoms with van der Waals surface area (Å²) < 4.78 is 12.6. The van der Waals surface area contributed by atoms with Crippen molar-refractivity contribution in [1.29, 1.82) is 0 Å². The highest BCUT2D eigenvalue weighted by atomic mass is 19.1. The summed E-state index contributed by atoms with van der Waals surface area (Å²) in [4.78, 5) is 10.2. The molecule has 0 N–H and O–H groups in total. The summed E-state index contributed by atoms with van der Waals surface area (Å²) in [7, 11) is 0. The van der Waals surface area contributed by atoms with Crippen LogP contribution < -0.4 is 0 Å². The lowest BCUT2D eigenvalue weighted by molar-refractivity contribution is -0.404. The minimum atomic E-state index is -1.08. The average molecular weight is 114 g/mol. The molecule has 3 heteroatoms. The van der Waals surface area contributed by atoms with Gasteiger partial charge in [0.15, 0.2) is 0 Å². The second-order valence-corrected chi connectivity index (χ2v) is 1.49. The molecule has 0 atom stereocenters. The molecular formula is C5H5FNO+. The first-order valence-electron chi connectivity index (χ1n) is 2.25. The Labute approximate surface area is 45.9 Å². The van der Waals surface area contributed by atoms with Crippen molar-refractivity contribution in [2.24, 2.45) is 0 Å².